The number of rotatable bonds is 6. The molecule has 186 valence electrons. The minimum absolute atomic E-state index is 0.0616. The van der Waals surface area contributed by atoms with Crippen LogP contribution < -0.4 is 0 Å². The molecule has 0 saturated carbocycles. The van der Waals surface area contributed by atoms with Gasteiger partial charge >= 0.3 is 0 Å². The highest BCUT2D eigenvalue weighted by molar-refractivity contribution is 5.00. The third-order valence-corrected chi connectivity index (χ3v) is 6.36. The summed E-state index contributed by atoms with van der Waals surface area (Å²) in [6, 6.07) is 0. The van der Waals surface area contributed by atoms with E-state index >= 15 is 0 Å². The van der Waals surface area contributed by atoms with Crippen LogP contribution >= 0.6 is 0 Å². The Kier molecular flexibility index (Phi) is 5.48. The van der Waals surface area contributed by atoms with Gasteiger partial charge in [-0.3, -0.25) is 0 Å². The van der Waals surface area contributed by atoms with Gasteiger partial charge in [0.05, 0.1) is 57.1 Å². The number of fused-ring (bicyclic) bond motifs is 2. The second-order valence-electron chi connectivity index (χ2n) is 9.98. The van der Waals surface area contributed by atoms with Crippen molar-refractivity contribution in [1.29, 1.82) is 0 Å². The average Bonchev–Trinajstić information content (AvgIpc) is 3.57. The van der Waals surface area contributed by atoms with Gasteiger partial charge in [0.25, 0.3) is 0 Å². The maximum absolute atomic E-state index is 6.21. The van der Waals surface area contributed by atoms with Crippen LogP contribution in [0.15, 0.2) is 12.4 Å². The lowest BCUT2D eigenvalue weighted by atomic mass is 10.1. The highest BCUT2D eigenvalue weighted by Gasteiger charge is 2.59. The molecular formula is C21H30N6O7. The molecule has 0 radical (unpaired) electrons. The molecule has 1 unspecified atom stereocenters. The van der Waals surface area contributed by atoms with E-state index in [0.29, 0.717) is 32.0 Å². The SMILES string of the molecule is CC1(C)O[C@@H]2[C@H](O1)[C@H](OCc1cn(CC3Cn4nncc4CO3)nn1)O[C@@H]2[C@H]1COC(C)(C)O1. The predicted molar refractivity (Wildman–Crippen MR) is 111 cm³/mol. The Morgan fingerprint density at radius 2 is 1.91 bits per heavy atom. The summed E-state index contributed by atoms with van der Waals surface area (Å²) in [5.41, 5.74) is 1.65. The van der Waals surface area contributed by atoms with E-state index in [1.165, 1.54) is 0 Å². The number of nitrogens with zero attached hydrogens (tertiary/aromatic N) is 6. The first-order valence-corrected chi connectivity index (χ1v) is 11.6. The van der Waals surface area contributed by atoms with Crippen molar-refractivity contribution in [2.24, 2.45) is 0 Å². The zero-order valence-electron chi connectivity index (χ0n) is 19.7. The van der Waals surface area contributed by atoms with Crippen LogP contribution in [0.25, 0.3) is 0 Å². The van der Waals surface area contributed by atoms with Gasteiger partial charge in [0.1, 0.15) is 30.1 Å². The van der Waals surface area contributed by atoms with Gasteiger partial charge in [0.15, 0.2) is 17.9 Å². The molecule has 0 bridgehead atoms. The third kappa shape index (κ3) is 4.37. The van der Waals surface area contributed by atoms with Crippen LogP contribution in [-0.2, 0) is 59.5 Å². The second-order valence-corrected chi connectivity index (χ2v) is 9.98. The smallest absolute Gasteiger partial charge is 0.187 e. The number of ether oxygens (including phenoxy) is 7. The molecule has 6 atom stereocenters. The van der Waals surface area contributed by atoms with Gasteiger partial charge < -0.3 is 33.2 Å². The largest absolute Gasteiger partial charge is 0.368 e. The first-order chi connectivity index (χ1) is 16.2. The van der Waals surface area contributed by atoms with Gasteiger partial charge in [-0.05, 0) is 27.7 Å². The Morgan fingerprint density at radius 3 is 2.74 bits per heavy atom. The van der Waals surface area contributed by atoms with E-state index in [1.54, 1.807) is 10.9 Å². The van der Waals surface area contributed by atoms with E-state index in [1.807, 2.05) is 38.6 Å². The zero-order chi connectivity index (χ0) is 23.5. The van der Waals surface area contributed by atoms with Gasteiger partial charge in [0, 0.05) is 0 Å². The number of hydrogen-bond donors (Lipinski definition) is 0. The van der Waals surface area contributed by atoms with Crippen LogP contribution in [-0.4, -0.2) is 85.0 Å². The van der Waals surface area contributed by atoms with E-state index in [-0.39, 0.29) is 37.1 Å². The van der Waals surface area contributed by atoms with Crippen molar-refractivity contribution in [1.82, 2.24) is 30.0 Å². The minimum Gasteiger partial charge on any atom is -0.368 e. The third-order valence-electron chi connectivity index (χ3n) is 6.36. The number of aromatic nitrogens is 6. The average molecular weight is 479 g/mol. The molecule has 0 N–H and O–H groups in total. The Hall–Kier alpha value is -2.00. The molecule has 6 rings (SSSR count). The van der Waals surface area contributed by atoms with Gasteiger partial charge in [0.2, 0.25) is 0 Å². The Labute approximate surface area is 196 Å². The molecule has 3 fully saturated rings. The summed E-state index contributed by atoms with van der Waals surface area (Å²) < 4.78 is 45.8. The van der Waals surface area contributed by atoms with Crippen LogP contribution in [0.5, 0.6) is 0 Å². The molecule has 6 heterocycles. The second kappa shape index (κ2) is 8.29. The van der Waals surface area contributed by atoms with Crippen molar-refractivity contribution >= 4 is 0 Å². The van der Waals surface area contributed by atoms with Crippen molar-refractivity contribution in [3.63, 3.8) is 0 Å². The molecule has 2 aromatic heterocycles. The highest BCUT2D eigenvalue weighted by Crippen LogP contribution is 2.42. The maximum atomic E-state index is 6.21. The summed E-state index contributed by atoms with van der Waals surface area (Å²) >= 11 is 0. The maximum Gasteiger partial charge on any atom is 0.187 e. The van der Waals surface area contributed by atoms with Crippen LogP contribution in [0.2, 0.25) is 0 Å². The summed E-state index contributed by atoms with van der Waals surface area (Å²) in [6.07, 6.45) is 1.55. The molecular weight excluding hydrogens is 448 g/mol. The topological polar surface area (TPSA) is 126 Å². The predicted octanol–water partition coefficient (Wildman–Crippen LogP) is 0.382. The summed E-state index contributed by atoms with van der Waals surface area (Å²) in [5, 5.41) is 16.4. The molecule has 4 aliphatic rings. The molecule has 4 aliphatic heterocycles. The quantitative estimate of drug-likeness (QED) is 0.572. The van der Waals surface area contributed by atoms with Crippen molar-refractivity contribution in [3.8, 4) is 0 Å². The van der Waals surface area contributed by atoms with Crippen molar-refractivity contribution < 1.29 is 33.2 Å². The lowest BCUT2D eigenvalue weighted by Gasteiger charge is -2.26. The fourth-order valence-corrected chi connectivity index (χ4v) is 4.88. The molecule has 0 spiro atoms. The van der Waals surface area contributed by atoms with Gasteiger partial charge in [-0.15, -0.1) is 10.2 Å². The van der Waals surface area contributed by atoms with Crippen LogP contribution in [0.1, 0.15) is 39.1 Å². The van der Waals surface area contributed by atoms with Gasteiger partial charge in [-0.2, -0.15) is 0 Å². The van der Waals surface area contributed by atoms with Gasteiger partial charge in [-0.25, -0.2) is 9.36 Å². The van der Waals surface area contributed by atoms with Crippen LogP contribution in [0.4, 0.5) is 0 Å². The summed E-state index contributed by atoms with van der Waals surface area (Å²) in [4.78, 5) is 0. The normalized spacial score (nSPS) is 36.0. The van der Waals surface area contributed by atoms with Crippen molar-refractivity contribution in [2.45, 2.75) is 102 Å². The highest BCUT2D eigenvalue weighted by atomic mass is 16.8. The van der Waals surface area contributed by atoms with Gasteiger partial charge in [-0.1, -0.05) is 10.4 Å². The van der Waals surface area contributed by atoms with Crippen LogP contribution in [0, 0.1) is 0 Å². The van der Waals surface area contributed by atoms with E-state index in [4.69, 9.17) is 33.2 Å². The fraction of sp³-hybridized carbons (Fsp3) is 0.810. The molecule has 13 heteroatoms. The van der Waals surface area contributed by atoms with Crippen molar-refractivity contribution in [2.75, 3.05) is 6.61 Å². The lowest BCUT2D eigenvalue weighted by Crippen LogP contribution is -2.40. The molecule has 13 nitrogen and oxygen atoms in total. The molecule has 3 saturated heterocycles. The molecule has 0 amide bonds. The first-order valence-electron chi connectivity index (χ1n) is 11.6. The molecule has 0 aromatic carbocycles. The molecule has 0 aliphatic carbocycles. The Morgan fingerprint density at radius 1 is 1.06 bits per heavy atom. The Bertz CT molecular complexity index is 1020. The van der Waals surface area contributed by atoms with E-state index < -0.39 is 17.9 Å². The lowest BCUT2D eigenvalue weighted by molar-refractivity contribution is -0.250. The fourth-order valence-electron chi connectivity index (χ4n) is 4.88. The zero-order valence-corrected chi connectivity index (χ0v) is 19.7. The number of hydrogen-bond acceptors (Lipinski definition) is 11. The molecule has 2 aromatic rings. The van der Waals surface area contributed by atoms with Crippen molar-refractivity contribution in [3.05, 3.63) is 23.8 Å². The monoisotopic (exact) mass is 478 g/mol. The summed E-state index contributed by atoms with van der Waals surface area (Å²) in [6.45, 7) is 9.84. The summed E-state index contributed by atoms with van der Waals surface area (Å²) in [5.74, 6) is -1.39. The Balaban J connectivity index is 1.07. The summed E-state index contributed by atoms with van der Waals surface area (Å²) in [7, 11) is 0. The van der Waals surface area contributed by atoms with E-state index in [9.17, 15) is 0 Å². The van der Waals surface area contributed by atoms with E-state index in [2.05, 4.69) is 20.6 Å². The van der Waals surface area contributed by atoms with E-state index in [0.717, 1.165) is 5.69 Å². The molecule has 34 heavy (non-hydrogen) atoms. The van der Waals surface area contributed by atoms with Crippen LogP contribution in [0.3, 0.4) is 0 Å². The minimum atomic E-state index is -0.735. The standard InChI is InChI=1S/C21H30N6O7/c1-20(2)30-11-15(32-20)16-17-18(34-21(3,4)33-17)19(31-16)29-9-12-6-26(25-23-12)7-14-8-27-13(10-28-14)5-22-24-27/h5-6,14-19H,7-11H2,1-4H3/t14?,15-,16-,17+,18+,19-/m1/s1. The first kappa shape index (κ1) is 22.5.